The van der Waals surface area contributed by atoms with Crippen LogP contribution in [0.5, 0.6) is 11.5 Å². The average molecular weight is 301 g/mol. The molecule has 0 radical (unpaired) electrons. The first-order valence-electron chi connectivity index (χ1n) is 8.61. The molecule has 2 fully saturated rings. The molecule has 118 valence electrons. The molecular formula is C18H23NO3. The van der Waals surface area contributed by atoms with Gasteiger partial charge in [-0.25, -0.2) is 0 Å². The van der Waals surface area contributed by atoms with Crippen molar-refractivity contribution in [2.45, 2.75) is 56.3 Å². The van der Waals surface area contributed by atoms with Crippen molar-refractivity contribution in [1.82, 2.24) is 4.90 Å². The van der Waals surface area contributed by atoms with E-state index in [0.717, 1.165) is 38.8 Å². The number of ether oxygens (including phenoxy) is 1. The van der Waals surface area contributed by atoms with Crippen LogP contribution in [-0.2, 0) is 11.8 Å². The number of aromatic hydroxyl groups is 1. The van der Waals surface area contributed by atoms with Crippen molar-refractivity contribution in [1.29, 1.82) is 0 Å². The number of aliphatic hydroxyl groups is 1. The summed E-state index contributed by atoms with van der Waals surface area (Å²) in [5.41, 5.74) is 2.48. The zero-order chi connectivity index (χ0) is 15.1. The molecule has 2 bridgehead atoms. The van der Waals surface area contributed by atoms with Gasteiger partial charge in [-0.1, -0.05) is 13.0 Å². The van der Waals surface area contributed by atoms with Gasteiger partial charge >= 0.3 is 0 Å². The minimum atomic E-state index is -0.414. The highest BCUT2D eigenvalue weighted by Gasteiger charge is 2.65. The molecule has 4 aliphatic rings. The van der Waals surface area contributed by atoms with E-state index in [1.807, 2.05) is 0 Å². The lowest BCUT2D eigenvalue weighted by molar-refractivity contribution is -0.103. The molecule has 1 saturated carbocycles. The van der Waals surface area contributed by atoms with Gasteiger partial charge in [0.1, 0.15) is 6.10 Å². The Bertz CT molecular complexity index is 645. The highest BCUT2D eigenvalue weighted by atomic mass is 16.5. The molecule has 5 rings (SSSR count). The molecule has 22 heavy (non-hydrogen) atoms. The third-order valence-corrected chi connectivity index (χ3v) is 6.81. The number of phenolic OH excluding ortho intramolecular Hbond substituents is 1. The van der Waals surface area contributed by atoms with Crippen molar-refractivity contribution in [3.05, 3.63) is 23.3 Å². The molecule has 2 N–H and O–H groups in total. The molecule has 1 aromatic carbocycles. The Balaban J connectivity index is 1.77. The second kappa shape index (κ2) is 4.18. The van der Waals surface area contributed by atoms with Crippen LogP contribution in [0.1, 0.15) is 37.3 Å². The van der Waals surface area contributed by atoms with Gasteiger partial charge in [-0.2, -0.15) is 0 Å². The summed E-state index contributed by atoms with van der Waals surface area (Å²) in [5.74, 6) is 1.45. The predicted octanol–water partition coefficient (Wildman–Crippen LogP) is 1.81. The first-order valence-corrected chi connectivity index (χ1v) is 8.61. The Morgan fingerprint density at radius 3 is 3.05 bits per heavy atom. The Labute approximate surface area is 130 Å². The van der Waals surface area contributed by atoms with E-state index in [2.05, 4.69) is 17.9 Å². The number of likely N-dealkylation sites (tertiary alicyclic amines) is 1. The number of nitrogens with zero attached hydrogens (tertiary/aromatic N) is 1. The quantitative estimate of drug-likeness (QED) is 0.831. The minimum absolute atomic E-state index is 0.0737. The standard InChI is InChI=1S/C18H23NO3/c1-2-19-8-7-18-11-4-6-14(21)17(18)22-16-13(20)5-3-10(15(16)18)9-12(11)19/h3,5,11-12,14,17,20-21H,2,4,6-9H2,1H3. The molecule has 4 nitrogen and oxygen atoms in total. The molecule has 2 heterocycles. The van der Waals surface area contributed by atoms with Crippen LogP contribution in [-0.4, -0.2) is 46.5 Å². The molecule has 0 amide bonds. The third kappa shape index (κ3) is 1.32. The van der Waals surface area contributed by atoms with Gasteiger partial charge in [0.25, 0.3) is 0 Å². The van der Waals surface area contributed by atoms with Crippen molar-refractivity contribution >= 4 is 0 Å². The zero-order valence-electron chi connectivity index (χ0n) is 13.0. The number of aliphatic hydroxyl groups excluding tert-OH is 1. The van der Waals surface area contributed by atoms with Crippen molar-refractivity contribution in [3.63, 3.8) is 0 Å². The number of benzene rings is 1. The van der Waals surface area contributed by atoms with Gasteiger partial charge < -0.3 is 14.9 Å². The van der Waals surface area contributed by atoms with Crippen molar-refractivity contribution in [2.24, 2.45) is 5.92 Å². The van der Waals surface area contributed by atoms with Crippen LogP contribution in [0.25, 0.3) is 0 Å². The summed E-state index contributed by atoms with van der Waals surface area (Å²) >= 11 is 0. The molecule has 5 unspecified atom stereocenters. The number of hydrogen-bond donors (Lipinski definition) is 2. The summed E-state index contributed by atoms with van der Waals surface area (Å²) in [6.07, 6.45) is 3.38. The van der Waals surface area contributed by atoms with Crippen LogP contribution in [0.2, 0.25) is 0 Å². The van der Waals surface area contributed by atoms with Crippen LogP contribution < -0.4 is 4.74 Å². The highest BCUT2D eigenvalue weighted by Crippen LogP contribution is 2.63. The van der Waals surface area contributed by atoms with E-state index >= 15 is 0 Å². The van der Waals surface area contributed by atoms with Crippen molar-refractivity contribution < 1.29 is 14.9 Å². The van der Waals surface area contributed by atoms with E-state index in [-0.39, 0.29) is 17.3 Å². The number of phenols is 1. The topological polar surface area (TPSA) is 52.9 Å². The average Bonchev–Trinajstić information content (AvgIpc) is 2.87. The molecule has 0 aromatic heterocycles. The zero-order valence-corrected chi connectivity index (χ0v) is 13.0. The molecule has 4 heteroatoms. The van der Waals surface area contributed by atoms with Crippen molar-refractivity contribution in [2.75, 3.05) is 13.1 Å². The lowest BCUT2D eigenvalue weighted by Crippen LogP contribution is -2.66. The van der Waals surface area contributed by atoms with E-state index in [1.165, 1.54) is 11.1 Å². The Hall–Kier alpha value is -1.26. The van der Waals surface area contributed by atoms with Crippen LogP contribution in [0, 0.1) is 5.92 Å². The molecular weight excluding hydrogens is 278 g/mol. The van der Waals surface area contributed by atoms with Crippen LogP contribution in [0.3, 0.4) is 0 Å². The predicted molar refractivity (Wildman–Crippen MR) is 82.3 cm³/mol. The molecule has 1 saturated heterocycles. The maximum absolute atomic E-state index is 10.6. The van der Waals surface area contributed by atoms with Gasteiger partial charge in [0.2, 0.25) is 0 Å². The van der Waals surface area contributed by atoms with E-state index in [0.29, 0.717) is 17.7 Å². The van der Waals surface area contributed by atoms with E-state index in [1.54, 1.807) is 6.07 Å². The van der Waals surface area contributed by atoms with E-state index < -0.39 is 6.10 Å². The van der Waals surface area contributed by atoms with Crippen LogP contribution >= 0.6 is 0 Å². The maximum Gasteiger partial charge on any atom is 0.165 e. The Kier molecular flexibility index (Phi) is 2.51. The van der Waals surface area contributed by atoms with Gasteiger partial charge in [-0.05, 0) is 56.3 Å². The third-order valence-electron chi connectivity index (χ3n) is 6.81. The maximum atomic E-state index is 10.6. The second-order valence-electron chi connectivity index (χ2n) is 7.43. The number of likely N-dealkylation sites (N-methyl/N-ethyl adjacent to an activating group) is 1. The number of rotatable bonds is 1. The summed E-state index contributed by atoms with van der Waals surface area (Å²) < 4.78 is 6.17. The fourth-order valence-electron chi connectivity index (χ4n) is 5.99. The lowest BCUT2D eigenvalue weighted by atomic mass is 9.51. The normalized spacial score (nSPS) is 41.9. The fraction of sp³-hybridized carbons (Fsp3) is 0.667. The van der Waals surface area contributed by atoms with Crippen LogP contribution in [0.15, 0.2) is 12.1 Å². The van der Waals surface area contributed by atoms with Gasteiger partial charge in [0, 0.05) is 17.0 Å². The van der Waals surface area contributed by atoms with Crippen LogP contribution in [0.4, 0.5) is 0 Å². The largest absolute Gasteiger partial charge is 0.504 e. The molecule has 1 aromatic rings. The van der Waals surface area contributed by atoms with Gasteiger partial charge in [0.15, 0.2) is 11.5 Å². The Morgan fingerprint density at radius 1 is 1.36 bits per heavy atom. The first kappa shape index (κ1) is 13.2. The lowest BCUT2D eigenvalue weighted by Gasteiger charge is -2.59. The van der Waals surface area contributed by atoms with Crippen molar-refractivity contribution in [3.8, 4) is 11.5 Å². The second-order valence-corrected chi connectivity index (χ2v) is 7.43. The summed E-state index contributed by atoms with van der Waals surface area (Å²) in [5, 5.41) is 20.9. The highest BCUT2D eigenvalue weighted by molar-refractivity contribution is 5.60. The number of piperidine rings is 1. The molecule has 1 spiro atoms. The number of hydrogen-bond acceptors (Lipinski definition) is 4. The van der Waals surface area contributed by atoms with Gasteiger partial charge in [0.05, 0.1) is 6.10 Å². The van der Waals surface area contributed by atoms with E-state index in [9.17, 15) is 10.2 Å². The minimum Gasteiger partial charge on any atom is -0.504 e. The monoisotopic (exact) mass is 301 g/mol. The smallest absolute Gasteiger partial charge is 0.165 e. The fourth-order valence-corrected chi connectivity index (χ4v) is 5.99. The molecule has 2 aliphatic heterocycles. The summed E-state index contributed by atoms with van der Waals surface area (Å²) in [6, 6.07) is 4.40. The molecule has 5 atom stereocenters. The Morgan fingerprint density at radius 2 is 2.23 bits per heavy atom. The summed E-state index contributed by atoms with van der Waals surface area (Å²) in [4.78, 5) is 2.61. The van der Waals surface area contributed by atoms with Gasteiger partial charge in [-0.3, -0.25) is 4.90 Å². The first-order chi connectivity index (χ1) is 10.7. The summed E-state index contributed by atoms with van der Waals surface area (Å²) in [6.45, 7) is 4.40. The summed E-state index contributed by atoms with van der Waals surface area (Å²) in [7, 11) is 0. The van der Waals surface area contributed by atoms with E-state index in [4.69, 9.17) is 4.74 Å². The van der Waals surface area contributed by atoms with Gasteiger partial charge in [-0.15, -0.1) is 0 Å². The molecule has 2 aliphatic carbocycles. The SMILES string of the molecule is CCN1CCC23c4c5ccc(O)c4OC2C(O)CCC3C1C5.